The number of aromatic nitrogens is 1. The number of sulfonamides is 1. The van der Waals surface area contributed by atoms with Crippen molar-refractivity contribution in [3.05, 3.63) is 71.8 Å². The Morgan fingerprint density at radius 1 is 1.08 bits per heavy atom. The summed E-state index contributed by atoms with van der Waals surface area (Å²) in [6.07, 6.45) is 6.41. The molecule has 0 spiro atoms. The maximum Gasteiger partial charge on any atom is 0.239 e. The molecule has 2 N–H and O–H groups in total. The summed E-state index contributed by atoms with van der Waals surface area (Å²) in [6.45, 7) is 2.08. The van der Waals surface area contributed by atoms with Crippen molar-refractivity contribution >= 4 is 21.2 Å². The van der Waals surface area contributed by atoms with Crippen LogP contribution >= 0.6 is 0 Å². The summed E-state index contributed by atoms with van der Waals surface area (Å²) in [6, 6.07) is 9.38. The van der Waals surface area contributed by atoms with Crippen molar-refractivity contribution in [2.24, 2.45) is 11.1 Å². The van der Waals surface area contributed by atoms with Crippen molar-refractivity contribution in [1.29, 1.82) is 0 Å². The third kappa shape index (κ3) is 3.29. The highest BCUT2D eigenvalue weighted by molar-refractivity contribution is 7.89. The van der Waals surface area contributed by atoms with E-state index in [1.807, 2.05) is 0 Å². The van der Waals surface area contributed by atoms with Crippen molar-refractivity contribution in [1.82, 2.24) is 4.98 Å². The van der Waals surface area contributed by atoms with Crippen LogP contribution in [0.1, 0.15) is 24.6 Å². The molecule has 0 aliphatic heterocycles. The fraction of sp³-hybridized carbons (Fsp3) is 0.167. The Balaban J connectivity index is 2.01. The molecule has 24 heavy (non-hydrogen) atoms. The number of primary sulfonamides is 1. The van der Waals surface area contributed by atoms with E-state index < -0.39 is 10.0 Å². The first-order chi connectivity index (χ1) is 11.4. The molecule has 1 atom stereocenters. The van der Waals surface area contributed by atoms with Crippen LogP contribution in [0.2, 0.25) is 0 Å². The number of halogens is 1. The van der Waals surface area contributed by atoms with Crippen LogP contribution in [0.5, 0.6) is 0 Å². The van der Waals surface area contributed by atoms with Gasteiger partial charge < -0.3 is 0 Å². The molecule has 0 saturated carbocycles. The Morgan fingerprint density at radius 3 is 2.29 bits per heavy atom. The van der Waals surface area contributed by atoms with Gasteiger partial charge in [-0.2, -0.15) is 0 Å². The van der Waals surface area contributed by atoms with Crippen molar-refractivity contribution in [2.75, 3.05) is 0 Å². The minimum atomic E-state index is -3.77. The van der Waals surface area contributed by atoms with Crippen molar-refractivity contribution < 1.29 is 12.8 Å². The molecule has 2 aromatic rings. The minimum Gasteiger partial charge on any atom is -0.255 e. The van der Waals surface area contributed by atoms with E-state index >= 15 is 0 Å². The van der Waals surface area contributed by atoms with Gasteiger partial charge in [-0.15, -0.1) is 0 Å². The standard InChI is InChI=1S/C18H17FN2O2S/c1-2-12-9-16(13-3-5-14(19)6-4-13)17(10-12)18-8-7-15(11-21-18)24(20,22)23/h3-12H,2H2,1H3,(H2,20,22,23). The molecule has 0 amide bonds. The highest BCUT2D eigenvalue weighted by atomic mass is 32.2. The molecular weight excluding hydrogens is 327 g/mol. The number of hydrogen-bond acceptors (Lipinski definition) is 3. The Hall–Kier alpha value is -2.31. The fourth-order valence-corrected chi connectivity index (χ4v) is 3.16. The Kier molecular flexibility index (Phi) is 4.34. The van der Waals surface area contributed by atoms with E-state index in [0.29, 0.717) is 5.69 Å². The predicted molar refractivity (Wildman–Crippen MR) is 91.7 cm³/mol. The van der Waals surface area contributed by atoms with Crippen LogP contribution in [0.3, 0.4) is 0 Å². The molecule has 1 aliphatic rings. The minimum absolute atomic E-state index is 0.0239. The molecule has 0 fully saturated rings. The monoisotopic (exact) mass is 344 g/mol. The molecular formula is C18H17FN2O2S. The van der Waals surface area contributed by atoms with Gasteiger partial charge in [0.1, 0.15) is 10.7 Å². The summed E-state index contributed by atoms with van der Waals surface area (Å²) in [7, 11) is -3.77. The number of allylic oxidation sites excluding steroid dienone is 4. The van der Waals surface area contributed by atoms with E-state index in [1.54, 1.807) is 18.2 Å². The van der Waals surface area contributed by atoms with Gasteiger partial charge in [0.05, 0.1) is 5.69 Å². The first-order valence-electron chi connectivity index (χ1n) is 7.57. The molecule has 0 saturated heterocycles. The average Bonchev–Trinajstić information content (AvgIpc) is 2.99. The molecule has 1 aromatic heterocycles. The molecule has 124 valence electrons. The van der Waals surface area contributed by atoms with E-state index in [-0.39, 0.29) is 16.6 Å². The number of pyridine rings is 1. The maximum atomic E-state index is 13.2. The number of nitrogens with zero attached hydrogens (tertiary/aromatic N) is 1. The fourth-order valence-electron chi connectivity index (χ4n) is 2.70. The normalized spacial score (nSPS) is 17.5. The summed E-state index contributed by atoms with van der Waals surface area (Å²) in [5, 5.41) is 5.11. The molecule has 4 nitrogen and oxygen atoms in total. The third-order valence-electron chi connectivity index (χ3n) is 4.02. The lowest BCUT2D eigenvalue weighted by molar-refractivity contribution is 0.597. The van der Waals surface area contributed by atoms with Gasteiger partial charge >= 0.3 is 0 Å². The first-order valence-corrected chi connectivity index (χ1v) is 9.12. The lowest BCUT2D eigenvalue weighted by atomic mass is 9.98. The van der Waals surface area contributed by atoms with E-state index in [4.69, 9.17) is 5.14 Å². The van der Waals surface area contributed by atoms with Gasteiger partial charge in [0.25, 0.3) is 0 Å². The summed E-state index contributed by atoms with van der Waals surface area (Å²) < 4.78 is 35.9. The number of rotatable bonds is 4. The smallest absolute Gasteiger partial charge is 0.239 e. The van der Waals surface area contributed by atoms with Crippen LogP contribution in [-0.2, 0) is 10.0 Å². The summed E-state index contributed by atoms with van der Waals surface area (Å²) in [5.41, 5.74) is 3.44. The lowest BCUT2D eigenvalue weighted by Crippen LogP contribution is -2.12. The van der Waals surface area contributed by atoms with Crippen molar-refractivity contribution in [3.63, 3.8) is 0 Å². The molecule has 1 aromatic carbocycles. The van der Waals surface area contributed by atoms with Crippen LogP contribution in [0.25, 0.3) is 11.1 Å². The molecule has 3 rings (SSSR count). The van der Waals surface area contributed by atoms with Crippen molar-refractivity contribution in [3.8, 4) is 0 Å². The van der Waals surface area contributed by atoms with Gasteiger partial charge in [-0.05, 0) is 47.7 Å². The second kappa shape index (κ2) is 6.30. The number of benzene rings is 1. The summed E-state index contributed by atoms with van der Waals surface area (Å²) in [4.78, 5) is 4.22. The lowest BCUT2D eigenvalue weighted by Gasteiger charge is -2.09. The van der Waals surface area contributed by atoms with Crippen LogP contribution in [0.4, 0.5) is 4.39 Å². The first kappa shape index (κ1) is 16.5. The number of hydrogen-bond donors (Lipinski definition) is 1. The highest BCUT2D eigenvalue weighted by Crippen LogP contribution is 2.38. The predicted octanol–water partition coefficient (Wildman–Crippen LogP) is 3.37. The molecule has 0 radical (unpaired) electrons. The van der Waals surface area contributed by atoms with Crippen LogP contribution in [0, 0.1) is 11.7 Å². The van der Waals surface area contributed by atoms with Gasteiger partial charge in [0.15, 0.2) is 0 Å². The van der Waals surface area contributed by atoms with Gasteiger partial charge in [0, 0.05) is 11.8 Å². The van der Waals surface area contributed by atoms with Crippen molar-refractivity contribution in [2.45, 2.75) is 18.2 Å². The molecule has 1 aliphatic carbocycles. The largest absolute Gasteiger partial charge is 0.255 e. The quantitative estimate of drug-likeness (QED) is 0.924. The van der Waals surface area contributed by atoms with E-state index in [9.17, 15) is 12.8 Å². The zero-order chi connectivity index (χ0) is 17.3. The topological polar surface area (TPSA) is 73.1 Å². The van der Waals surface area contributed by atoms with Crippen LogP contribution in [0.15, 0.2) is 59.6 Å². The average molecular weight is 344 g/mol. The number of nitrogens with two attached hydrogens (primary N) is 1. The highest BCUT2D eigenvalue weighted by Gasteiger charge is 2.21. The zero-order valence-corrected chi connectivity index (χ0v) is 13.9. The van der Waals surface area contributed by atoms with Gasteiger partial charge in [0.2, 0.25) is 10.0 Å². The summed E-state index contributed by atoms with van der Waals surface area (Å²) >= 11 is 0. The Labute approximate surface area is 140 Å². The maximum absolute atomic E-state index is 13.2. The third-order valence-corrected chi connectivity index (χ3v) is 4.92. The zero-order valence-electron chi connectivity index (χ0n) is 13.1. The van der Waals surface area contributed by atoms with Crippen LogP contribution in [-0.4, -0.2) is 13.4 Å². The second-order valence-corrected chi connectivity index (χ2v) is 7.23. The Morgan fingerprint density at radius 2 is 1.75 bits per heavy atom. The molecule has 0 bridgehead atoms. The van der Waals surface area contributed by atoms with E-state index in [0.717, 1.165) is 23.1 Å². The SMILES string of the molecule is CCC1C=C(c2ccc(F)cc2)C(c2ccc(S(N)(=O)=O)cn2)=C1. The van der Waals surface area contributed by atoms with Gasteiger partial charge in [-0.1, -0.05) is 31.2 Å². The van der Waals surface area contributed by atoms with Gasteiger partial charge in [-0.3, -0.25) is 4.98 Å². The molecule has 6 heteroatoms. The molecule has 1 unspecified atom stereocenters. The summed E-state index contributed by atoms with van der Waals surface area (Å²) in [5.74, 6) is -0.0229. The molecule has 1 heterocycles. The van der Waals surface area contributed by atoms with E-state index in [2.05, 4.69) is 24.1 Å². The van der Waals surface area contributed by atoms with Crippen LogP contribution < -0.4 is 5.14 Å². The van der Waals surface area contributed by atoms with E-state index in [1.165, 1.54) is 24.4 Å². The Bertz CT molecular complexity index is 914. The second-order valence-electron chi connectivity index (χ2n) is 5.66. The van der Waals surface area contributed by atoms with Gasteiger partial charge in [-0.25, -0.2) is 17.9 Å².